The first-order valence-corrected chi connectivity index (χ1v) is 12.7. The smallest absolute Gasteiger partial charge is 0.264 e. The third-order valence-corrected chi connectivity index (χ3v) is 7.47. The number of carbonyl (C=O) groups excluding carboxylic acids is 1. The Balaban J connectivity index is 0.00000289. The normalized spacial score (nSPS) is 13.8. The van der Waals surface area contributed by atoms with Gasteiger partial charge in [0.1, 0.15) is 4.90 Å². The van der Waals surface area contributed by atoms with Crippen LogP contribution in [0.5, 0.6) is 0 Å². The van der Waals surface area contributed by atoms with Crippen molar-refractivity contribution in [1.29, 1.82) is 0 Å². The van der Waals surface area contributed by atoms with Gasteiger partial charge >= 0.3 is 0 Å². The van der Waals surface area contributed by atoms with E-state index in [2.05, 4.69) is 14.9 Å². The zero-order valence-corrected chi connectivity index (χ0v) is 20.6. The van der Waals surface area contributed by atoms with E-state index >= 15 is 0 Å². The first-order chi connectivity index (χ1) is 16.5. The molecule has 5 rings (SSSR count). The molecule has 1 aliphatic rings. The van der Waals surface area contributed by atoms with Gasteiger partial charge in [-0.3, -0.25) is 9.52 Å². The van der Waals surface area contributed by atoms with Crippen LogP contribution in [0.2, 0.25) is 0 Å². The highest BCUT2D eigenvalue weighted by molar-refractivity contribution is 7.93. The lowest BCUT2D eigenvalue weighted by atomic mass is 10.0. The van der Waals surface area contributed by atoms with Gasteiger partial charge in [0.05, 0.1) is 5.69 Å². The maximum atomic E-state index is 13.8. The molecular formula is C27H26ClN3O3S. The molecule has 0 saturated carbocycles. The summed E-state index contributed by atoms with van der Waals surface area (Å²) in [6.07, 6.45) is 0. The molecule has 0 spiro atoms. The van der Waals surface area contributed by atoms with Gasteiger partial charge in [-0.05, 0) is 23.6 Å². The van der Waals surface area contributed by atoms with E-state index in [0.717, 1.165) is 31.6 Å². The molecule has 0 atom stereocenters. The summed E-state index contributed by atoms with van der Waals surface area (Å²) in [7, 11) is -3.95. The van der Waals surface area contributed by atoms with Crippen molar-refractivity contribution in [2.24, 2.45) is 0 Å². The second kappa shape index (κ2) is 10.5. The summed E-state index contributed by atoms with van der Waals surface area (Å²) in [5.41, 5.74) is 2.01. The summed E-state index contributed by atoms with van der Waals surface area (Å²) in [6.45, 7) is 3.04. The van der Waals surface area contributed by atoms with Crippen molar-refractivity contribution in [2.45, 2.75) is 4.90 Å². The Labute approximate surface area is 211 Å². The maximum Gasteiger partial charge on any atom is 0.264 e. The summed E-state index contributed by atoms with van der Waals surface area (Å²) in [6, 6.07) is 26.9. The molecule has 1 heterocycles. The number of nitrogens with zero attached hydrogens (tertiary/aromatic N) is 1. The second-order valence-corrected chi connectivity index (χ2v) is 9.87. The van der Waals surface area contributed by atoms with Crippen LogP contribution in [0.25, 0.3) is 10.8 Å². The summed E-state index contributed by atoms with van der Waals surface area (Å²) in [5, 5.41) is 4.84. The van der Waals surface area contributed by atoms with Gasteiger partial charge in [0.2, 0.25) is 0 Å². The lowest BCUT2D eigenvalue weighted by Gasteiger charge is -2.31. The molecule has 1 saturated heterocycles. The molecule has 35 heavy (non-hydrogen) atoms. The number of ketones is 1. The monoisotopic (exact) mass is 507 g/mol. The SMILES string of the molecule is Cl.O=C(c1ccccc1)c1cccc(NS(=O)(=O)c2c(N3CCNCC3)ccc3ccccc23)c1. The van der Waals surface area contributed by atoms with Crippen LogP contribution < -0.4 is 14.9 Å². The van der Waals surface area contributed by atoms with Crippen LogP contribution in [0.4, 0.5) is 11.4 Å². The Kier molecular flexibility index (Phi) is 7.40. The number of anilines is 2. The zero-order valence-electron chi connectivity index (χ0n) is 19.0. The van der Waals surface area contributed by atoms with E-state index in [-0.39, 0.29) is 23.1 Å². The van der Waals surface area contributed by atoms with Crippen LogP contribution >= 0.6 is 12.4 Å². The Morgan fingerprint density at radius 3 is 2.26 bits per heavy atom. The van der Waals surface area contributed by atoms with E-state index in [9.17, 15) is 13.2 Å². The van der Waals surface area contributed by atoms with E-state index in [1.807, 2.05) is 42.5 Å². The highest BCUT2D eigenvalue weighted by Crippen LogP contribution is 2.34. The average Bonchev–Trinajstić information content (AvgIpc) is 2.88. The van der Waals surface area contributed by atoms with E-state index < -0.39 is 10.0 Å². The van der Waals surface area contributed by atoms with Gasteiger partial charge in [-0.1, -0.05) is 72.8 Å². The van der Waals surface area contributed by atoms with E-state index in [4.69, 9.17) is 0 Å². The molecule has 0 aromatic heterocycles. The Hall–Kier alpha value is -3.39. The van der Waals surface area contributed by atoms with Crippen molar-refractivity contribution in [3.8, 4) is 0 Å². The molecule has 1 aliphatic heterocycles. The van der Waals surface area contributed by atoms with Crippen molar-refractivity contribution in [2.75, 3.05) is 35.8 Å². The molecule has 180 valence electrons. The van der Waals surface area contributed by atoms with E-state index in [1.165, 1.54) is 0 Å². The molecule has 0 amide bonds. The summed E-state index contributed by atoms with van der Waals surface area (Å²) in [4.78, 5) is 15.2. The highest BCUT2D eigenvalue weighted by atomic mass is 35.5. The van der Waals surface area contributed by atoms with Gasteiger partial charge < -0.3 is 10.2 Å². The molecule has 0 bridgehead atoms. The molecule has 0 radical (unpaired) electrons. The van der Waals surface area contributed by atoms with Crippen LogP contribution in [0.15, 0.2) is 95.9 Å². The van der Waals surface area contributed by atoms with Gasteiger partial charge in [-0.2, -0.15) is 0 Å². The number of carbonyl (C=O) groups is 1. The standard InChI is InChI=1S/C27H25N3O3S.ClH/c31-26(21-8-2-1-3-9-21)22-10-6-11-23(19-22)29-34(32,33)27-24-12-5-4-7-20(24)13-14-25(27)30-17-15-28-16-18-30;/h1-14,19,28-29H,15-18H2;1H. The summed E-state index contributed by atoms with van der Waals surface area (Å²) >= 11 is 0. The number of hydrogen-bond donors (Lipinski definition) is 2. The fourth-order valence-electron chi connectivity index (χ4n) is 4.35. The molecule has 6 nitrogen and oxygen atoms in total. The van der Waals surface area contributed by atoms with Crippen LogP contribution in [0, 0.1) is 0 Å². The maximum absolute atomic E-state index is 13.8. The first kappa shape index (κ1) is 24.7. The van der Waals surface area contributed by atoms with Gasteiger partial charge in [-0.25, -0.2) is 8.42 Å². The van der Waals surface area contributed by atoms with Gasteiger partial charge in [0.15, 0.2) is 5.78 Å². The minimum absolute atomic E-state index is 0. The van der Waals surface area contributed by atoms with Crippen LogP contribution in [-0.2, 0) is 10.0 Å². The van der Waals surface area contributed by atoms with E-state index in [1.54, 1.807) is 48.5 Å². The number of piperazine rings is 1. The van der Waals surface area contributed by atoms with Crippen molar-refractivity contribution in [1.82, 2.24) is 5.32 Å². The molecule has 0 aliphatic carbocycles. The molecule has 1 fully saturated rings. The van der Waals surface area contributed by atoms with Crippen molar-refractivity contribution in [3.05, 3.63) is 102 Å². The number of fused-ring (bicyclic) bond motifs is 1. The predicted molar refractivity (Wildman–Crippen MR) is 143 cm³/mol. The lowest BCUT2D eigenvalue weighted by molar-refractivity contribution is 0.103. The second-order valence-electron chi connectivity index (χ2n) is 8.25. The molecule has 4 aromatic rings. The Morgan fingerprint density at radius 2 is 1.49 bits per heavy atom. The zero-order chi connectivity index (χ0) is 23.5. The lowest BCUT2D eigenvalue weighted by Crippen LogP contribution is -2.44. The number of nitrogens with one attached hydrogen (secondary N) is 2. The van der Waals surface area contributed by atoms with E-state index in [0.29, 0.717) is 27.9 Å². The minimum atomic E-state index is -3.95. The van der Waals surface area contributed by atoms with Crippen molar-refractivity contribution in [3.63, 3.8) is 0 Å². The Bertz CT molecular complexity index is 1450. The fourth-order valence-corrected chi connectivity index (χ4v) is 5.84. The molecular weight excluding hydrogens is 482 g/mol. The topological polar surface area (TPSA) is 78.5 Å². The van der Waals surface area contributed by atoms with Crippen molar-refractivity contribution < 1.29 is 13.2 Å². The fraction of sp³-hybridized carbons (Fsp3) is 0.148. The molecule has 4 aromatic carbocycles. The molecule has 8 heteroatoms. The van der Waals surface area contributed by atoms with Crippen LogP contribution in [0.3, 0.4) is 0 Å². The quantitative estimate of drug-likeness (QED) is 0.370. The van der Waals surface area contributed by atoms with Gasteiger partial charge in [0, 0.05) is 48.4 Å². The Morgan fingerprint density at radius 1 is 0.800 bits per heavy atom. The largest absolute Gasteiger partial charge is 0.368 e. The number of sulfonamides is 1. The average molecular weight is 508 g/mol. The number of halogens is 1. The van der Waals surface area contributed by atoms with Gasteiger partial charge in [0.25, 0.3) is 10.0 Å². The van der Waals surface area contributed by atoms with Crippen molar-refractivity contribution >= 4 is 50.4 Å². The van der Waals surface area contributed by atoms with Crippen LogP contribution in [-0.4, -0.2) is 40.4 Å². The third-order valence-electron chi connectivity index (χ3n) is 6.00. The van der Waals surface area contributed by atoms with Gasteiger partial charge in [-0.15, -0.1) is 12.4 Å². The number of rotatable bonds is 6. The third kappa shape index (κ3) is 5.17. The minimum Gasteiger partial charge on any atom is -0.368 e. The number of benzene rings is 4. The summed E-state index contributed by atoms with van der Waals surface area (Å²) in [5.74, 6) is -0.159. The number of hydrogen-bond acceptors (Lipinski definition) is 5. The summed E-state index contributed by atoms with van der Waals surface area (Å²) < 4.78 is 30.3. The predicted octanol–water partition coefficient (Wildman–Crippen LogP) is 4.70. The first-order valence-electron chi connectivity index (χ1n) is 11.2. The van der Waals surface area contributed by atoms with Crippen LogP contribution in [0.1, 0.15) is 15.9 Å². The highest BCUT2D eigenvalue weighted by Gasteiger charge is 2.26. The molecule has 2 N–H and O–H groups in total. The molecule has 0 unspecified atom stereocenters.